The third-order valence-electron chi connectivity index (χ3n) is 3.79. The van der Waals surface area contributed by atoms with E-state index < -0.39 is 0 Å². The summed E-state index contributed by atoms with van der Waals surface area (Å²) in [5.41, 5.74) is 0. The van der Waals surface area contributed by atoms with E-state index in [4.69, 9.17) is 4.74 Å². The molecular formula is C15H33N3O. The van der Waals surface area contributed by atoms with Crippen molar-refractivity contribution >= 4 is 0 Å². The molecule has 1 atom stereocenters. The highest BCUT2D eigenvalue weighted by atomic mass is 16.5. The molecule has 4 heteroatoms. The molecule has 19 heavy (non-hydrogen) atoms. The maximum Gasteiger partial charge on any atom is 0.0590 e. The highest BCUT2D eigenvalue weighted by molar-refractivity contribution is 4.75. The number of unbranched alkanes of at least 4 members (excludes halogenated alkanes) is 1. The molecule has 1 heterocycles. The van der Waals surface area contributed by atoms with Gasteiger partial charge in [-0.3, -0.25) is 0 Å². The second-order valence-electron chi connectivity index (χ2n) is 5.90. The molecule has 0 aromatic rings. The molecule has 1 aliphatic rings. The summed E-state index contributed by atoms with van der Waals surface area (Å²) in [7, 11) is 4.46. The fourth-order valence-electron chi connectivity index (χ4n) is 2.60. The zero-order valence-corrected chi connectivity index (χ0v) is 13.2. The molecular weight excluding hydrogens is 238 g/mol. The summed E-state index contributed by atoms with van der Waals surface area (Å²) in [4.78, 5) is 4.89. The van der Waals surface area contributed by atoms with Crippen molar-refractivity contribution in [1.29, 1.82) is 0 Å². The van der Waals surface area contributed by atoms with Crippen LogP contribution in [-0.2, 0) is 4.74 Å². The van der Waals surface area contributed by atoms with Crippen LogP contribution in [0, 0.1) is 5.92 Å². The van der Waals surface area contributed by atoms with E-state index in [1.165, 1.54) is 38.9 Å². The van der Waals surface area contributed by atoms with E-state index in [9.17, 15) is 0 Å². The summed E-state index contributed by atoms with van der Waals surface area (Å²) in [5, 5.41) is 3.45. The van der Waals surface area contributed by atoms with E-state index in [-0.39, 0.29) is 0 Å². The Morgan fingerprint density at radius 2 is 2.16 bits per heavy atom. The Kier molecular flexibility index (Phi) is 9.43. The first-order chi connectivity index (χ1) is 9.22. The van der Waals surface area contributed by atoms with Crippen molar-refractivity contribution in [2.75, 3.05) is 66.6 Å². The number of nitrogens with one attached hydrogen (secondary N) is 1. The first-order valence-corrected chi connectivity index (χ1v) is 7.88. The van der Waals surface area contributed by atoms with Gasteiger partial charge in [0.2, 0.25) is 0 Å². The molecule has 1 aliphatic heterocycles. The van der Waals surface area contributed by atoms with E-state index in [2.05, 4.69) is 36.1 Å². The third kappa shape index (κ3) is 8.58. The fourth-order valence-corrected chi connectivity index (χ4v) is 2.60. The van der Waals surface area contributed by atoms with Crippen molar-refractivity contribution in [2.45, 2.75) is 26.2 Å². The first-order valence-electron chi connectivity index (χ1n) is 7.88. The third-order valence-corrected chi connectivity index (χ3v) is 3.79. The Bertz CT molecular complexity index is 214. The largest absolute Gasteiger partial charge is 0.380 e. The van der Waals surface area contributed by atoms with Crippen LogP contribution in [0.4, 0.5) is 0 Å². The molecule has 1 N–H and O–H groups in total. The maximum absolute atomic E-state index is 5.52. The number of likely N-dealkylation sites (tertiary alicyclic amines) is 1. The van der Waals surface area contributed by atoms with Gasteiger partial charge in [-0.1, -0.05) is 13.3 Å². The van der Waals surface area contributed by atoms with E-state index in [0.717, 1.165) is 38.8 Å². The molecule has 1 unspecified atom stereocenters. The van der Waals surface area contributed by atoms with Gasteiger partial charge in [0.05, 0.1) is 6.61 Å². The molecule has 4 nitrogen and oxygen atoms in total. The van der Waals surface area contributed by atoms with Crippen LogP contribution in [0.15, 0.2) is 0 Å². The van der Waals surface area contributed by atoms with E-state index >= 15 is 0 Å². The van der Waals surface area contributed by atoms with Gasteiger partial charge in [0, 0.05) is 39.3 Å². The minimum atomic E-state index is 0.844. The molecule has 0 radical (unpaired) electrons. The van der Waals surface area contributed by atoms with Gasteiger partial charge in [0.1, 0.15) is 0 Å². The molecule has 1 rings (SSSR count). The average Bonchev–Trinajstić information content (AvgIpc) is 2.78. The van der Waals surface area contributed by atoms with Gasteiger partial charge in [-0.05, 0) is 39.4 Å². The molecule has 0 spiro atoms. The van der Waals surface area contributed by atoms with Crippen molar-refractivity contribution in [1.82, 2.24) is 15.1 Å². The fraction of sp³-hybridized carbons (Fsp3) is 1.00. The van der Waals surface area contributed by atoms with Gasteiger partial charge in [0.15, 0.2) is 0 Å². The minimum Gasteiger partial charge on any atom is -0.380 e. The summed E-state index contributed by atoms with van der Waals surface area (Å²) in [5.74, 6) is 0.868. The van der Waals surface area contributed by atoms with Gasteiger partial charge in [-0.15, -0.1) is 0 Å². The quantitative estimate of drug-likeness (QED) is 0.573. The van der Waals surface area contributed by atoms with Crippen LogP contribution < -0.4 is 5.32 Å². The van der Waals surface area contributed by atoms with E-state index in [0.29, 0.717) is 0 Å². The SMILES string of the molecule is CCCCOCCNCCN(C)CC1CCN(C)C1. The average molecular weight is 271 g/mol. The van der Waals surface area contributed by atoms with Crippen LogP contribution in [-0.4, -0.2) is 76.4 Å². The van der Waals surface area contributed by atoms with Crippen LogP contribution in [0.1, 0.15) is 26.2 Å². The number of ether oxygens (including phenoxy) is 1. The van der Waals surface area contributed by atoms with Crippen LogP contribution in [0.3, 0.4) is 0 Å². The molecule has 1 saturated heterocycles. The molecule has 0 saturated carbocycles. The first kappa shape index (κ1) is 16.9. The molecule has 114 valence electrons. The summed E-state index contributed by atoms with van der Waals surface area (Å²) in [6.45, 7) is 10.9. The van der Waals surface area contributed by atoms with Crippen LogP contribution in [0.2, 0.25) is 0 Å². The number of hydrogen-bond donors (Lipinski definition) is 1. The molecule has 0 aromatic carbocycles. The Morgan fingerprint density at radius 3 is 2.84 bits per heavy atom. The topological polar surface area (TPSA) is 27.7 Å². The van der Waals surface area contributed by atoms with Gasteiger partial charge in [-0.2, -0.15) is 0 Å². The second-order valence-corrected chi connectivity index (χ2v) is 5.90. The minimum absolute atomic E-state index is 0.844. The summed E-state index contributed by atoms with van der Waals surface area (Å²) in [6, 6.07) is 0. The summed E-state index contributed by atoms with van der Waals surface area (Å²) >= 11 is 0. The van der Waals surface area contributed by atoms with Crippen LogP contribution in [0.25, 0.3) is 0 Å². The molecule has 0 aromatic heterocycles. The maximum atomic E-state index is 5.52. The zero-order valence-electron chi connectivity index (χ0n) is 13.2. The highest BCUT2D eigenvalue weighted by Gasteiger charge is 2.20. The van der Waals surface area contributed by atoms with Crippen molar-refractivity contribution < 1.29 is 4.74 Å². The van der Waals surface area contributed by atoms with Crippen molar-refractivity contribution in [3.8, 4) is 0 Å². The summed E-state index contributed by atoms with van der Waals surface area (Å²) in [6.07, 6.45) is 3.76. The molecule has 0 bridgehead atoms. The number of hydrogen-bond acceptors (Lipinski definition) is 4. The Morgan fingerprint density at radius 1 is 1.32 bits per heavy atom. The Labute approximate surface area is 119 Å². The zero-order chi connectivity index (χ0) is 13.9. The lowest BCUT2D eigenvalue weighted by molar-refractivity contribution is 0.132. The van der Waals surface area contributed by atoms with Crippen molar-refractivity contribution in [2.24, 2.45) is 5.92 Å². The standard InChI is InChI=1S/C15H33N3O/c1-4-5-11-19-12-8-16-7-10-18(3)14-15-6-9-17(2)13-15/h15-16H,4-14H2,1-3H3. The van der Waals surface area contributed by atoms with Crippen LogP contribution in [0.5, 0.6) is 0 Å². The predicted octanol–water partition coefficient (Wildman–Crippen LogP) is 1.28. The van der Waals surface area contributed by atoms with Crippen molar-refractivity contribution in [3.63, 3.8) is 0 Å². The lowest BCUT2D eigenvalue weighted by Gasteiger charge is -2.21. The lowest BCUT2D eigenvalue weighted by atomic mass is 10.1. The van der Waals surface area contributed by atoms with Gasteiger partial charge in [0.25, 0.3) is 0 Å². The van der Waals surface area contributed by atoms with E-state index in [1.807, 2.05) is 0 Å². The number of nitrogens with zero attached hydrogens (tertiary/aromatic N) is 2. The Hall–Kier alpha value is -0.160. The van der Waals surface area contributed by atoms with Crippen LogP contribution >= 0.6 is 0 Å². The monoisotopic (exact) mass is 271 g/mol. The van der Waals surface area contributed by atoms with Gasteiger partial charge >= 0.3 is 0 Å². The predicted molar refractivity (Wildman–Crippen MR) is 81.7 cm³/mol. The normalized spacial score (nSPS) is 20.5. The van der Waals surface area contributed by atoms with Gasteiger partial charge in [-0.25, -0.2) is 0 Å². The molecule has 1 fully saturated rings. The number of rotatable bonds is 11. The lowest BCUT2D eigenvalue weighted by Crippen LogP contribution is -2.34. The smallest absolute Gasteiger partial charge is 0.0590 e. The van der Waals surface area contributed by atoms with Gasteiger partial charge < -0.3 is 19.9 Å². The molecule has 0 aliphatic carbocycles. The summed E-state index contributed by atoms with van der Waals surface area (Å²) < 4.78 is 5.52. The molecule has 0 amide bonds. The highest BCUT2D eigenvalue weighted by Crippen LogP contribution is 2.14. The Balaban J connectivity index is 1.86. The van der Waals surface area contributed by atoms with Crippen molar-refractivity contribution in [3.05, 3.63) is 0 Å². The number of likely N-dealkylation sites (N-methyl/N-ethyl adjacent to an activating group) is 1. The second kappa shape index (κ2) is 10.6. The van der Waals surface area contributed by atoms with E-state index in [1.54, 1.807) is 0 Å².